The number of rotatable bonds is 5. The van der Waals surface area contributed by atoms with E-state index in [1.54, 1.807) is 42.5 Å². The summed E-state index contributed by atoms with van der Waals surface area (Å²) in [5.74, 6) is 0.359. The van der Waals surface area contributed by atoms with E-state index in [0.717, 1.165) is 11.1 Å². The highest BCUT2D eigenvalue weighted by atomic mass is 35.5. The van der Waals surface area contributed by atoms with Crippen LogP contribution in [0.2, 0.25) is 5.02 Å². The van der Waals surface area contributed by atoms with Gasteiger partial charge in [-0.25, -0.2) is 0 Å². The molecule has 4 nitrogen and oxygen atoms in total. The van der Waals surface area contributed by atoms with Crippen LogP contribution in [-0.4, -0.2) is 17.6 Å². The van der Waals surface area contributed by atoms with Gasteiger partial charge in [-0.05, 0) is 48.4 Å². The van der Waals surface area contributed by atoms with Crippen LogP contribution in [0.25, 0.3) is 0 Å². The summed E-state index contributed by atoms with van der Waals surface area (Å²) in [6.07, 6.45) is 0. The Bertz CT molecular complexity index is 643. The Morgan fingerprint density at radius 3 is 2.81 bits per heavy atom. The number of aryl methyl sites for hydroxylation is 1. The topological polar surface area (TPSA) is 58.6 Å². The van der Waals surface area contributed by atoms with Crippen molar-refractivity contribution in [1.29, 1.82) is 0 Å². The zero-order valence-corrected chi connectivity index (χ0v) is 12.4. The fourth-order valence-corrected chi connectivity index (χ4v) is 2.09. The molecule has 0 saturated heterocycles. The van der Waals surface area contributed by atoms with Crippen molar-refractivity contribution < 1.29 is 14.6 Å². The minimum absolute atomic E-state index is 0.0653. The molecule has 0 unspecified atom stereocenters. The molecule has 0 bridgehead atoms. The molecule has 110 valence electrons. The summed E-state index contributed by atoms with van der Waals surface area (Å²) >= 11 is 5.86. The highest BCUT2D eigenvalue weighted by Crippen LogP contribution is 2.21. The standard InChI is InChI=1S/C16H16ClNO3/c1-11-7-13(17)5-6-15(11)21-10-16(20)18-14-4-2-3-12(8-14)9-19/h2-8,19H,9-10H2,1H3,(H,18,20). The molecule has 2 rings (SSSR count). The number of benzene rings is 2. The lowest BCUT2D eigenvalue weighted by molar-refractivity contribution is -0.118. The monoisotopic (exact) mass is 305 g/mol. The van der Waals surface area contributed by atoms with Crippen LogP contribution in [0.1, 0.15) is 11.1 Å². The Balaban J connectivity index is 1.92. The Kier molecular flexibility index (Phi) is 5.20. The number of amides is 1. The second-order valence-electron chi connectivity index (χ2n) is 4.61. The summed E-state index contributed by atoms with van der Waals surface area (Å²) in [4.78, 5) is 11.8. The van der Waals surface area contributed by atoms with Gasteiger partial charge in [0.2, 0.25) is 0 Å². The number of anilines is 1. The molecule has 0 aromatic heterocycles. The fraction of sp³-hybridized carbons (Fsp3) is 0.188. The summed E-state index contributed by atoms with van der Waals surface area (Å²) in [5, 5.41) is 12.4. The minimum Gasteiger partial charge on any atom is -0.483 e. The van der Waals surface area contributed by atoms with Crippen molar-refractivity contribution >= 4 is 23.2 Å². The molecule has 0 heterocycles. The Morgan fingerprint density at radius 1 is 1.29 bits per heavy atom. The van der Waals surface area contributed by atoms with E-state index in [1.165, 1.54) is 0 Å². The van der Waals surface area contributed by atoms with Gasteiger partial charge < -0.3 is 15.2 Å². The van der Waals surface area contributed by atoms with Crippen LogP contribution in [0, 0.1) is 6.92 Å². The third-order valence-electron chi connectivity index (χ3n) is 2.89. The molecular weight excluding hydrogens is 290 g/mol. The van der Waals surface area contributed by atoms with E-state index in [9.17, 15) is 4.79 Å². The summed E-state index contributed by atoms with van der Waals surface area (Å²) in [6.45, 7) is 1.71. The maximum atomic E-state index is 11.8. The number of ether oxygens (including phenoxy) is 1. The molecule has 5 heteroatoms. The molecule has 0 radical (unpaired) electrons. The van der Waals surface area contributed by atoms with Crippen LogP contribution in [0.4, 0.5) is 5.69 Å². The molecule has 0 fully saturated rings. The third kappa shape index (κ3) is 4.48. The van der Waals surface area contributed by atoms with Crippen molar-refractivity contribution in [1.82, 2.24) is 0 Å². The van der Waals surface area contributed by atoms with Crippen LogP contribution in [0.3, 0.4) is 0 Å². The number of hydrogen-bond acceptors (Lipinski definition) is 3. The van der Waals surface area contributed by atoms with Gasteiger partial charge in [-0.1, -0.05) is 23.7 Å². The summed E-state index contributed by atoms with van der Waals surface area (Å²) in [7, 11) is 0. The van der Waals surface area contributed by atoms with E-state index in [4.69, 9.17) is 21.4 Å². The van der Waals surface area contributed by atoms with Crippen LogP contribution < -0.4 is 10.1 Å². The maximum absolute atomic E-state index is 11.8. The fourth-order valence-electron chi connectivity index (χ4n) is 1.86. The van der Waals surface area contributed by atoms with E-state index in [2.05, 4.69) is 5.32 Å². The quantitative estimate of drug-likeness (QED) is 0.892. The molecular formula is C16H16ClNO3. The first-order valence-corrected chi connectivity index (χ1v) is 6.85. The van der Waals surface area contributed by atoms with Gasteiger partial charge in [-0.3, -0.25) is 4.79 Å². The number of carbonyl (C=O) groups is 1. The predicted molar refractivity (Wildman–Crippen MR) is 82.7 cm³/mol. The molecule has 0 aliphatic heterocycles. The first-order valence-electron chi connectivity index (χ1n) is 6.47. The molecule has 21 heavy (non-hydrogen) atoms. The molecule has 2 N–H and O–H groups in total. The average molecular weight is 306 g/mol. The van der Waals surface area contributed by atoms with Gasteiger partial charge >= 0.3 is 0 Å². The van der Waals surface area contributed by atoms with Crippen molar-refractivity contribution in [2.45, 2.75) is 13.5 Å². The molecule has 2 aromatic carbocycles. The summed E-state index contributed by atoms with van der Waals surface area (Å²) < 4.78 is 5.46. The van der Waals surface area contributed by atoms with Crippen LogP contribution in [0.15, 0.2) is 42.5 Å². The van der Waals surface area contributed by atoms with E-state index in [0.29, 0.717) is 16.5 Å². The third-order valence-corrected chi connectivity index (χ3v) is 3.12. The number of carbonyl (C=O) groups excluding carboxylic acids is 1. The number of aliphatic hydroxyl groups is 1. The number of nitrogens with one attached hydrogen (secondary N) is 1. The lowest BCUT2D eigenvalue weighted by Crippen LogP contribution is -2.20. The molecule has 2 aromatic rings. The lowest BCUT2D eigenvalue weighted by Gasteiger charge is -2.10. The van der Waals surface area contributed by atoms with Gasteiger partial charge in [0.1, 0.15) is 5.75 Å². The highest BCUT2D eigenvalue weighted by Gasteiger charge is 2.06. The molecule has 0 atom stereocenters. The average Bonchev–Trinajstić information content (AvgIpc) is 2.46. The molecule has 0 aliphatic carbocycles. The second kappa shape index (κ2) is 7.11. The van der Waals surface area contributed by atoms with Crippen LogP contribution >= 0.6 is 11.6 Å². The summed E-state index contributed by atoms with van der Waals surface area (Å²) in [6, 6.07) is 12.2. The molecule has 0 saturated carbocycles. The first-order chi connectivity index (χ1) is 10.1. The van der Waals surface area contributed by atoms with Crippen molar-refractivity contribution in [3.8, 4) is 5.75 Å². The van der Waals surface area contributed by atoms with Gasteiger partial charge in [0.25, 0.3) is 5.91 Å². The zero-order valence-electron chi connectivity index (χ0n) is 11.6. The molecule has 0 spiro atoms. The predicted octanol–water partition coefficient (Wildman–Crippen LogP) is 3.16. The summed E-state index contributed by atoms with van der Waals surface area (Å²) in [5.41, 5.74) is 2.24. The Labute approximate surface area is 128 Å². The number of halogens is 1. The van der Waals surface area contributed by atoms with Gasteiger partial charge in [-0.15, -0.1) is 0 Å². The normalized spacial score (nSPS) is 10.2. The maximum Gasteiger partial charge on any atom is 0.262 e. The van der Waals surface area contributed by atoms with Crippen molar-refractivity contribution in [3.05, 3.63) is 58.6 Å². The van der Waals surface area contributed by atoms with Crippen molar-refractivity contribution in [2.24, 2.45) is 0 Å². The smallest absolute Gasteiger partial charge is 0.262 e. The number of hydrogen-bond donors (Lipinski definition) is 2. The van der Waals surface area contributed by atoms with E-state index in [-0.39, 0.29) is 19.1 Å². The van der Waals surface area contributed by atoms with Gasteiger partial charge in [0.05, 0.1) is 6.61 Å². The minimum atomic E-state index is -0.264. The van der Waals surface area contributed by atoms with Gasteiger partial charge in [0, 0.05) is 10.7 Å². The van der Waals surface area contributed by atoms with E-state index >= 15 is 0 Å². The van der Waals surface area contributed by atoms with Gasteiger partial charge in [-0.2, -0.15) is 0 Å². The number of aliphatic hydroxyl groups excluding tert-OH is 1. The SMILES string of the molecule is Cc1cc(Cl)ccc1OCC(=O)Nc1cccc(CO)c1. The Hall–Kier alpha value is -2.04. The van der Waals surface area contributed by atoms with Crippen molar-refractivity contribution in [2.75, 3.05) is 11.9 Å². The van der Waals surface area contributed by atoms with E-state index < -0.39 is 0 Å². The largest absolute Gasteiger partial charge is 0.483 e. The molecule has 0 aliphatic rings. The zero-order chi connectivity index (χ0) is 15.2. The second-order valence-corrected chi connectivity index (χ2v) is 5.04. The van der Waals surface area contributed by atoms with Gasteiger partial charge in [0.15, 0.2) is 6.61 Å². The highest BCUT2D eigenvalue weighted by molar-refractivity contribution is 6.30. The van der Waals surface area contributed by atoms with E-state index in [1.807, 2.05) is 6.92 Å². The first kappa shape index (κ1) is 15.4. The van der Waals surface area contributed by atoms with Crippen LogP contribution in [0.5, 0.6) is 5.75 Å². The van der Waals surface area contributed by atoms with Crippen molar-refractivity contribution in [3.63, 3.8) is 0 Å². The molecule has 1 amide bonds. The Morgan fingerprint density at radius 2 is 2.10 bits per heavy atom. The van der Waals surface area contributed by atoms with Crippen LogP contribution in [-0.2, 0) is 11.4 Å². The lowest BCUT2D eigenvalue weighted by atomic mass is 10.2.